The van der Waals surface area contributed by atoms with Gasteiger partial charge in [-0.2, -0.15) is 0 Å². The lowest BCUT2D eigenvalue weighted by molar-refractivity contribution is -0.131. The van der Waals surface area contributed by atoms with Crippen LogP contribution in [0.15, 0.2) is 66.7 Å². The molecule has 0 amide bonds. The molecule has 160 valence electrons. The van der Waals surface area contributed by atoms with Crippen LogP contribution in [0.2, 0.25) is 0 Å². The number of allylic oxidation sites excluding steroid dienone is 1. The van der Waals surface area contributed by atoms with Crippen molar-refractivity contribution in [3.63, 3.8) is 0 Å². The van der Waals surface area contributed by atoms with E-state index < -0.39 is 21.6 Å². The maximum Gasteiger partial charge on any atom is 0.308 e. The van der Waals surface area contributed by atoms with Crippen molar-refractivity contribution in [2.75, 3.05) is 5.75 Å². The van der Waals surface area contributed by atoms with Crippen LogP contribution in [0.25, 0.3) is 15.7 Å². The van der Waals surface area contributed by atoms with Crippen molar-refractivity contribution in [3.8, 4) is 5.75 Å². The van der Waals surface area contributed by atoms with E-state index >= 15 is 0 Å². The maximum atomic E-state index is 13.1. The number of hydrogen-bond acceptors (Lipinski definition) is 5. The molecule has 0 spiro atoms. The third kappa shape index (κ3) is 4.91. The molecule has 0 atom stereocenters. The summed E-state index contributed by atoms with van der Waals surface area (Å²) in [5.74, 6) is -1.12. The van der Waals surface area contributed by atoms with Gasteiger partial charge in [-0.25, -0.2) is 8.42 Å². The van der Waals surface area contributed by atoms with E-state index in [1.165, 1.54) is 13.8 Å². The molecule has 0 saturated heterocycles. The van der Waals surface area contributed by atoms with Gasteiger partial charge in [0.15, 0.2) is 15.6 Å². The highest BCUT2D eigenvalue weighted by Gasteiger charge is 2.25. The molecule has 0 N–H and O–H groups in total. The van der Waals surface area contributed by atoms with Gasteiger partial charge in [0.05, 0.1) is 10.7 Å². The quantitative estimate of drug-likeness (QED) is 0.226. The van der Waals surface area contributed by atoms with Gasteiger partial charge in [0.2, 0.25) is 0 Å². The van der Waals surface area contributed by atoms with Crippen molar-refractivity contribution in [3.05, 3.63) is 83.4 Å². The highest BCUT2D eigenvalue weighted by Crippen LogP contribution is 2.37. The Balaban J connectivity index is 2.28. The van der Waals surface area contributed by atoms with Crippen molar-refractivity contribution in [1.29, 1.82) is 0 Å². The average molecular weight is 437 g/mol. The van der Waals surface area contributed by atoms with Gasteiger partial charge >= 0.3 is 5.97 Å². The van der Waals surface area contributed by atoms with E-state index in [0.717, 1.165) is 23.4 Å². The second-order valence-electron chi connectivity index (χ2n) is 7.08. The summed E-state index contributed by atoms with van der Waals surface area (Å²) in [7, 11) is -3.83. The number of carbonyl (C=O) groups is 2. The van der Waals surface area contributed by atoms with Crippen LogP contribution in [-0.4, -0.2) is 25.9 Å². The topological polar surface area (TPSA) is 77.5 Å². The lowest BCUT2D eigenvalue weighted by Crippen LogP contribution is -2.12. The summed E-state index contributed by atoms with van der Waals surface area (Å²) in [6.45, 7) is 4.77. The molecular weight excluding hydrogens is 412 g/mol. The molecule has 31 heavy (non-hydrogen) atoms. The number of ketones is 1. The minimum Gasteiger partial charge on any atom is -0.426 e. The lowest BCUT2D eigenvalue weighted by Gasteiger charge is -2.15. The predicted molar refractivity (Wildman–Crippen MR) is 123 cm³/mol. The minimum atomic E-state index is -3.83. The first-order valence-electron chi connectivity index (χ1n) is 10.0. The van der Waals surface area contributed by atoms with Crippen LogP contribution in [0, 0.1) is 0 Å². The molecule has 0 aromatic heterocycles. The average Bonchev–Trinajstić information content (AvgIpc) is 2.77. The summed E-state index contributed by atoms with van der Waals surface area (Å²) in [6, 6.07) is 17.5. The molecule has 3 aromatic carbocycles. The van der Waals surface area contributed by atoms with E-state index in [9.17, 15) is 18.0 Å². The van der Waals surface area contributed by atoms with Gasteiger partial charge in [-0.05, 0) is 28.8 Å². The highest BCUT2D eigenvalue weighted by atomic mass is 32.2. The van der Waals surface area contributed by atoms with Crippen LogP contribution in [0.1, 0.15) is 42.3 Å². The fourth-order valence-electron chi connectivity index (χ4n) is 3.33. The molecule has 0 unspecified atom stereocenters. The molecule has 0 saturated carbocycles. The fraction of sp³-hybridized carbons (Fsp3) is 0.200. The van der Waals surface area contributed by atoms with Crippen LogP contribution in [0.5, 0.6) is 5.75 Å². The number of carbonyl (C=O) groups excluding carboxylic acids is 2. The summed E-state index contributed by atoms with van der Waals surface area (Å²) in [4.78, 5) is 24.5. The number of sulfone groups is 1. The van der Waals surface area contributed by atoms with Gasteiger partial charge in [0.25, 0.3) is 0 Å². The molecule has 3 rings (SSSR count). The molecule has 5 nitrogen and oxygen atoms in total. The fourth-order valence-corrected chi connectivity index (χ4v) is 4.44. The Hall–Kier alpha value is -3.25. The SMILES string of the molecule is CCc1ccc(C(=O)/C=C(\c2c(OC(C)=O)ccc3ccccc23)S(=O)(=O)CC)cc1. The van der Waals surface area contributed by atoms with E-state index in [0.29, 0.717) is 10.9 Å². The van der Waals surface area contributed by atoms with Crippen molar-refractivity contribution in [2.45, 2.75) is 27.2 Å². The second-order valence-corrected chi connectivity index (χ2v) is 9.33. The summed E-state index contributed by atoms with van der Waals surface area (Å²) in [6.07, 6.45) is 1.97. The Morgan fingerprint density at radius 3 is 2.23 bits per heavy atom. The Morgan fingerprint density at radius 2 is 1.61 bits per heavy atom. The maximum absolute atomic E-state index is 13.1. The number of benzene rings is 3. The second kappa shape index (κ2) is 9.27. The van der Waals surface area contributed by atoms with Crippen LogP contribution in [0.4, 0.5) is 0 Å². The van der Waals surface area contributed by atoms with Crippen LogP contribution < -0.4 is 4.74 Å². The van der Waals surface area contributed by atoms with E-state index in [2.05, 4.69) is 0 Å². The molecule has 0 aliphatic heterocycles. The molecule has 0 aliphatic rings. The van der Waals surface area contributed by atoms with E-state index in [1.54, 1.807) is 36.4 Å². The van der Waals surface area contributed by atoms with Crippen LogP contribution >= 0.6 is 0 Å². The predicted octanol–water partition coefficient (Wildman–Crippen LogP) is 4.99. The van der Waals surface area contributed by atoms with Gasteiger partial charge < -0.3 is 4.74 Å². The molecule has 3 aromatic rings. The highest BCUT2D eigenvalue weighted by molar-refractivity contribution is 8.00. The van der Waals surface area contributed by atoms with Crippen molar-refractivity contribution in [1.82, 2.24) is 0 Å². The Bertz CT molecular complexity index is 1270. The molecule has 6 heteroatoms. The Kier molecular flexibility index (Phi) is 6.71. The number of rotatable bonds is 7. The summed E-state index contributed by atoms with van der Waals surface area (Å²) < 4.78 is 31.5. The normalized spacial score (nSPS) is 12.0. The number of ether oxygens (including phenoxy) is 1. The van der Waals surface area contributed by atoms with Gasteiger partial charge in [0.1, 0.15) is 5.75 Å². The first-order chi connectivity index (χ1) is 14.8. The van der Waals surface area contributed by atoms with Crippen LogP contribution in [-0.2, 0) is 21.1 Å². The molecule has 0 aliphatic carbocycles. The molecular formula is C25H24O5S. The van der Waals surface area contributed by atoms with Crippen LogP contribution in [0.3, 0.4) is 0 Å². The van der Waals surface area contributed by atoms with Crippen molar-refractivity contribution in [2.24, 2.45) is 0 Å². The smallest absolute Gasteiger partial charge is 0.308 e. The third-order valence-corrected chi connectivity index (χ3v) is 6.77. The monoisotopic (exact) mass is 436 g/mol. The summed E-state index contributed by atoms with van der Waals surface area (Å²) in [5, 5.41) is 1.35. The molecule has 0 fully saturated rings. The van der Waals surface area contributed by atoms with Gasteiger partial charge in [-0.3, -0.25) is 9.59 Å². The summed E-state index contributed by atoms with van der Waals surface area (Å²) >= 11 is 0. The molecule has 0 radical (unpaired) electrons. The first-order valence-corrected chi connectivity index (χ1v) is 11.7. The number of hydrogen-bond donors (Lipinski definition) is 0. The number of esters is 1. The Labute approximate surface area is 182 Å². The van der Waals surface area contributed by atoms with Crippen molar-refractivity contribution >= 4 is 37.3 Å². The lowest BCUT2D eigenvalue weighted by atomic mass is 10.0. The van der Waals surface area contributed by atoms with E-state index in [-0.39, 0.29) is 22.0 Å². The van der Waals surface area contributed by atoms with E-state index in [1.807, 2.05) is 31.2 Å². The zero-order valence-electron chi connectivity index (χ0n) is 17.7. The number of aryl methyl sites for hydroxylation is 1. The van der Waals surface area contributed by atoms with Gasteiger partial charge in [-0.1, -0.05) is 68.4 Å². The Morgan fingerprint density at radius 1 is 0.935 bits per heavy atom. The minimum absolute atomic E-state index is 0.101. The molecule has 0 bridgehead atoms. The van der Waals surface area contributed by atoms with Gasteiger partial charge in [0, 0.05) is 24.1 Å². The van der Waals surface area contributed by atoms with Gasteiger partial charge in [-0.15, -0.1) is 0 Å². The molecule has 0 heterocycles. The third-order valence-electron chi connectivity index (χ3n) is 5.01. The largest absolute Gasteiger partial charge is 0.426 e. The standard InChI is InChI=1S/C25H24O5S/c1-4-18-10-12-20(13-11-18)22(27)16-24(31(28,29)5-2)25-21-9-7-6-8-19(21)14-15-23(25)30-17(3)26/h6-16H,4-5H2,1-3H3/b24-16+. The number of fused-ring (bicyclic) bond motifs is 1. The first kappa shape index (κ1) is 22.4. The van der Waals surface area contributed by atoms with Crippen molar-refractivity contribution < 1.29 is 22.7 Å². The summed E-state index contributed by atoms with van der Waals surface area (Å²) in [5.41, 5.74) is 1.68. The zero-order valence-corrected chi connectivity index (χ0v) is 18.5. The zero-order chi connectivity index (χ0) is 22.6. The van der Waals surface area contributed by atoms with E-state index in [4.69, 9.17) is 4.74 Å².